The van der Waals surface area contributed by atoms with Gasteiger partial charge in [0.25, 0.3) is 0 Å². The van der Waals surface area contributed by atoms with E-state index in [9.17, 15) is 0 Å². The van der Waals surface area contributed by atoms with Crippen LogP contribution >= 0.6 is 11.6 Å². The first-order valence-electron chi connectivity index (χ1n) is 7.30. The fraction of sp³-hybridized carbons (Fsp3) is 0.333. The minimum atomic E-state index is 0.306. The van der Waals surface area contributed by atoms with Crippen molar-refractivity contribution in [2.45, 2.75) is 33.7 Å². The minimum absolute atomic E-state index is 0.306. The summed E-state index contributed by atoms with van der Waals surface area (Å²) in [5.74, 6) is 0. The number of hydrogen-bond acceptors (Lipinski definition) is 2. The average molecular weight is 303 g/mol. The Balaban J connectivity index is 2.01. The van der Waals surface area contributed by atoms with Crippen molar-refractivity contribution in [1.82, 2.24) is 0 Å². The number of rotatable bonds is 5. The molecule has 0 aromatic heterocycles. The van der Waals surface area contributed by atoms with Gasteiger partial charge in [-0.15, -0.1) is 0 Å². The SMILES string of the molecule is Cc1cccc(C)c1NC(C)CNc1c(C)cccc1Cl. The fourth-order valence-corrected chi connectivity index (χ4v) is 2.74. The van der Waals surface area contributed by atoms with E-state index in [1.807, 2.05) is 12.1 Å². The first-order valence-corrected chi connectivity index (χ1v) is 7.68. The highest BCUT2D eigenvalue weighted by Crippen LogP contribution is 2.25. The van der Waals surface area contributed by atoms with Crippen LogP contribution in [-0.2, 0) is 0 Å². The standard InChI is InChI=1S/C18H23ClN2/c1-12-7-5-8-13(2)17(12)21-15(4)11-20-18-14(3)9-6-10-16(18)19/h5-10,15,20-21H,11H2,1-4H3. The van der Waals surface area contributed by atoms with Gasteiger partial charge in [0.05, 0.1) is 10.7 Å². The van der Waals surface area contributed by atoms with Crippen molar-refractivity contribution in [3.05, 3.63) is 58.1 Å². The van der Waals surface area contributed by atoms with Gasteiger partial charge in [0.15, 0.2) is 0 Å². The molecule has 3 heteroatoms. The van der Waals surface area contributed by atoms with Crippen LogP contribution in [0.15, 0.2) is 36.4 Å². The lowest BCUT2D eigenvalue weighted by Crippen LogP contribution is -2.26. The maximum absolute atomic E-state index is 6.24. The average Bonchev–Trinajstić information content (AvgIpc) is 2.42. The Morgan fingerprint density at radius 1 is 0.905 bits per heavy atom. The molecule has 1 unspecified atom stereocenters. The molecule has 0 spiro atoms. The lowest BCUT2D eigenvalue weighted by atomic mass is 10.1. The minimum Gasteiger partial charge on any atom is -0.382 e. The van der Waals surface area contributed by atoms with E-state index >= 15 is 0 Å². The van der Waals surface area contributed by atoms with Gasteiger partial charge in [0, 0.05) is 18.3 Å². The lowest BCUT2D eigenvalue weighted by molar-refractivity contribution is 0.832. The van der Waals surface area contributed by atoms with Gasteiger partial charge < -0.3 is 10.6 Å². The first kappa shape index (κ1) is 15.7. The monoisotopic (exact) mass is 302 g/mol. The van der Waals surface area contributed by atoms with Crippen molar-refractivity contribution in [2.75, 3.05) is 17.2 Å². The Morgan fingerprint density at radius 2 is 1.43 bits per heavy atom. The zero-order valence-electron chi connectivity index (χ0n) is 13.1. The Labute approximate surface area is 132 Å². The molecule has 0 aliphatic heterocycles. The normalized spacial score (nSPS) is 12.0. The highest BCUT2D eigenvalue weighted by atomic mass is 35.5. The summed E-state index contributed by atoms with van der Waals surface area (Å²) >= 11 is 6.24. The van der Waals surface area contributed by atoms with Crippen LogP contribution in [0.1, 0.15) is 23.6 Å². The van der Waals surface area contributed by atoms with Gasteiger partial charge in [-0.2, -0.15) is 0 Å². The van der Waals surface area contributed by atoms with Crippen molar-refractivity contribution in [3.8, 4) is 0 Å². The van der Waals surface area contributed by atoms with Crippen LogP contribution in [0.3, 0.4) is 0 Å². The second kappa shape index (κ2) is 6.86. The molecular formula is C18H23ClN2. The smallest absolute Gasteiger partial charge is 0.0640 e. The third kappa shape index (κ3) is 3.92. The Kier molecular flexibility index (Phi) is 5.13. The van der Waals surface area contributed by atoms with E-state index in [0.29, 0.717) is 6.04 Å². The number of hydrogen-bond donors (Lipinski definition) is 2. The maximum atomic E-state index is 6.24. The molecule has 2 rings (SSSR count). The van der Waals surface area contributed by atoms with Gasteiger partial charge in [-0.1, -0.05) is 41.9 Å². The molecule has 2 aromatic rings. The molecule has 1 atom stereocenters. The molecule has 0 bridgehead atoms. The molecule has 0 saturated carbocycles. The molecule has 0 amide bonds. The van der Waals surface area contributed by atoms with E-state index in [0.717, 1.165) is 17.3 Å². The van der Waals surface area contributed by atoms with Gasteiger partial charge in [-0.3, -0.25) is 0 Å². The van der Waals surface area contributed by atoms with Gasteiger partial charge in [0.2, 0.25) is 0 Å². The van der Waals surface area contributed by atoms with E-state index < -0.39 is 0 Å². The topological polar surface area (TPSA) is 24.1 Å². The summed E-state index contributed by atoms with van der Waals surface area (Å²) in [6.45, 7) is 9.32. The number of para-hydroxylation sites is 2. The summed E-state index contributed by atoms with van der Waals surface area (Å²) in [4.78, 5) is 0. The highest BCUT2D eigenvalue weighted by Gasteiger charge is 2.08. The molecule has 21 heavy (non-hydrogen) atoms. The summed E-state index contributed by atoms with van der Waals surface area (Å²) in [5.41, 5.74) is 5.96. The lowest BCUT2D eigenvalue weighted by Gasteiger charge is -2.21. The quantitative estimate of drug-likeness (QED) is 0.795. The van der Waals surface area contributed by atoms with Crippen molar-refractivity contribution < 1.29 is 0 Å². The summed E-state index contributed by atoms with van der Waals surface area (Å²) in [6.07, 6.45) is 0. The predicted molar refractivity (Wildman–Crippen MR) is 93.7 cm³/mol. The van der Waals surface area contributed by atoms with Crippen LogP contribution in [0.25, 0.3) is 0 Å². The van der Waals surface area contributed by atoms with Crippen molar-refractivity contribution in [3.63, 3.8) is 0 Å². The first-order chi connectivity index (χ1) is 9.99. The van der Waals surface area contributed by atoms with Gasteiger partial charge in [-0.05, 0) is 50.5 Å². The number of benzene rings is 2. The Bertz CT molecular complexity index is 582. The number of halogens is 1. The summed E-state index contributed by atoms with van der Waals surface area (Å²) < 4.78 is 0. The van der Waals surface area contributed by atoms with Crippen molar-refractivity contribution >= 4 is 23.0 Å². The summed E-state index contributed by atoms with van der Waals surface area (Å²) in [6, 6.07) is 12.6. The molecule has 112 valence electrons. The van der Waals surface area contributed by atoms with Crippen LogP contribution in [0.5, 0.6) is 0 Å². The fourth-order valence-electron chi connectivity index (χ4n) is 2.45. The van der Waals surface area contributed by atoms with E-state index in [1.54, 1.807) is 0 Å². The second-order valence-corrected chi connectivity index (χ2v) is 6.03. The molecule has 0 heterocycles. The van der Waals surface area contributed by atoms with Crippen LogP contribution < -0.4 is 10.6 Å². The molecule has 2 nitrogen and oxygen atoms in total. The number of anilines is 2. The van der Waals surface area contributed by atoms with E-state index in [1.165, 1.54) is 22.4 Å². The molecule has 0 radical (unpaired) electrons. The van der Waals surface area contributed by atoms with Crippen LogP contribution in [0, 0.1) is 20.8 Å². The predicted octanol–water partition coefficient (Wildman–Crippen LogP) is 5.18. The highest BCUT2D eigenvalue weighted by molar-refractivity contribution is 6.33. The van der Waals surface area contributed by atoms with Crippen LogP contribution in [0.2, 0.25) is 5.02 Å². The number of aryl methyl sites for hydroxylation is 3. The van der Waals surface area contributed by atoms with Crippen molar-refractivity contribution in [1.29, 1.82) is 0 Å². The third-order valence-corrected chi connectivity index (χ3v) is 3.99. The zero-order valence-corrected chi connectivity index (χ0v) is 13.9. The number of nitrogens with one attached hydrogen (secondary N) is 2. The van der Waals surface area contributed by atoms with Gasteiger partial charge >= 0.3 is 0 Å². The Hall–Kier alpha value is -1.67. The largest absolute Gasteiger partial charge is 0.382 e. The molecule has 2 aromatic carbocycles. The van der Waals surface area contributed by atoms with Gasteiger partial charge in [0.1, 0.15) is 0 Å². The van der Waals surface area contributed by atoms with E-state index in [-0.39, 0.29) is 0 Å². The van der Waals surface area contributed by atoms with E-state index in [4.69, 9.17) is 11.6 Å². The summed E-state index contributed by atoms with van der Waals surface area (Å²) in [7, 11) is 0. The van der Waals surface area contributed by atoms with Gasteiger partial charge in [-0.25, -0.2) is 0 Å². The van der Waals surface area contributed by atoms with E-state index in [2.05, 4.69) is 62.6 Å². The maximum Gasteiger partial charge on any atom is 0.0640 e. The third-order valence-electron chi connectivity index (χ3n) is 3.68. The van der Waals surface area contributed by atoms with Crippen LogP contribution in [-0.4, -0.2) is 12.6 Å². The zero-order chi connectivity index (χ0) is 15.4. The molecule has 0 saturated heterocycles. The van der Waals surface area contributed by atoms with Crippen LogP contribution in [0.4, 0.5) is 11.4 Å². The van der Waals surface area contributed by atoms with Crippen molar-refractivity contribution in [2.24, 2.45) is 0 Å². The molecule has 0 fully saturated rings. The molecule has 2 N–H and O–H groups in total. The Morgan fingerprint density at radius 3 is 2.00 bits per heavy atom. The second-order valence-electron chi connectivity index (χ2n) is 5.62. The molecule has 0 aliphatic rings. The summed E-state index contributed by atoms with van der Waals surface area (Å²) in [5, 5.41) is 7.80. The molecule has 0 aliphatic carbocycles. The molecular weight excluding hydrogens is 280 g/mol.